The Hall–Kier alpha value is -1.39. The summed E-state index contributed by atoms with van der Waals surface area (Å²) in [6.45, 7) is 3.28. The summed E-state index contributed by atoms with van der Waals surface area (Å²) >= 11 is 0. The Morgan fingerprint density at radius 2 is 2.14 bits per heavy atom. The first-order valence-electron chi connectivity index (χ1n) is 7.89. The zero-order valence-corrected chi connectivity index (χ0v) is 12.6. The molecule has 1 saturated heterocycles. The second-order valence-corrected chi connectivity index (χ2v) is 6.25. The highest BCUT2D eigenvalue weighted by molar-refractivity contribution is 5.81. The van der Waals surface area contributed by atoms with Gasteiger partial charge in [-0.15, -0.1) is 0 Å². The van der Waals surface area contributed by atoms with Crippen LogP contribution in [-0.4, -0.2) is 35.6 Å². The van der Waals surface area contributed by atoms with E-state index in [2.05, 4.69) is 31.2 Å². The van der Waals surface area contributed by atoms with Crippen LogP contribution >= 0.6 is 0 Å². The zero-order valence-electron chi connectivity index (χ0n) is 12.6. The number of nitrogens with zero attached hydrogens (tertiary/aromatic N) is 1. The van der Waals surface area contributed by atoms with Crippen LogP contribution in [0.5, 0.6) is 0 Å². The minimum Gasteiger partial charge on any atom is -0.364 e. The molecule has 2 fully saturated rings. The van der Waals surface area contributed by atoms with Crippen molar-refractivity contribution in [2.24, 2.45) is 5.73 Å². The van der Waals surface area contributed by atoms with Gasteiger partial charge < -0.3 is 15.4 Å². The average Bonchev–Trinajstić information content (AvgIpc) is 3.20. The van der Waals surface area contributed by atoms with Gasteiger partial charge in [0.1, 0.15) is 6.10 Å². The largest absolute Gasteiger partial charge is 0.364 e. The van der Waals surface area contributed by atoms with Crippen LogP contribution in [0, 0.1) is 6.92 Å². The molecule has 2 N–H and O–H groups in total. The number of carbonyl (C=O) groups excluding carboxylic acids is 1. The van der Waals surface area contributed by atoms with Gasteiger partial charge in [0.05, 0.1) is 6.10 Å². The molecule has 0 radical (unpaired) electrons. The molecule has 1 heterocycles. The van der Waals surface area contributed by atoms with Gasteiger partial charge in [-0.2, -0.15) is 0 Å². The average molecular weight is 288 g/mol. The third-order valence-electron chi connectivity index (χ3n) is 4.35. The van der Waals surface area contributed by atoms with E-state index in [-0.39, 0.29) is 18.1 Å². The number of rotatable bonds is 5. The number of benzene rings is 1. The molecule has 0 aromatic heterocycles. The molecule has 114 valence electrons. The molecule has 0 bridgehead atoms. The maximum absolute atomic E-state index is 12.7. The monoisotopic (exact) mass is 288 g/mol. The topological polar surface area (TPSA) is 55.6 Å². The van der Waals surface area contributed by atoms with Crippen LogP contribution in [0.25, 0.3) is 0 Å². The highest BCUT2D eigenvalue weighted by atomic mass is 16.5. The van der Waals surface area contributed by atoms with Gasteiger partial charge in [-0.25, -0.2) is 0 Å². The quantitative estimate of drug-likeness (QED) is 0.901. The Balaban J connectivity index is 1.68. The van der Waals surface area contributed by atoms with Crippen molar-refractivity contribution < 1.29 is 9.53 Å². The fraction of sp³-hybridized carbons (Fsp3) is 0.588. The van der Waals surface area contributed by atoms with E-state index in [9.17, 15) is 4.79 Å². The first kappa shape index (κ1) is 14.5. The molecular formula is C17H24N2O2. The van der Waals surface area contributed by atoms with Crippen molar-refractivity contribution in [2.45, 2.75) is 57.4 Å². The van der Waals surface area contributed by atoms with Crippen molar-refractivity contribution in [3.8, 4) is 0 Å². The molecule has 2 aliphatic rings. The number of nitrogens with two attached hydrogens (primary N) is 1. The number of aryl methyl sites for hydroxylation is 1. The minimum atomic E-state index is -0.288. The predicted molar refractivity (Wildman–Crippen MR) is 81.7 cm³/mol. The van der Waals surface area contributed by atoms with Crippen LogP contribution in [0.2, 0.25) is 0 Å². The smallest absolute Gasteiger partial charge is 0.252 e. The van der Waals surface area contributed by atoms with Crippen molar-refractivity contribution in [3.63, 3.8) is 0 Å². The predicted octanol–water partition coefficient (Wildman–Crippen LogP) is 1.99. The fourth-order valence-electron chi connectivity index (χ4n) is 3.03. The van der Waals surface area contributed by atoms with Gasteiger partial charge in [0.2, 0.25) is 0 Å². The summed E-state index contributed by atoms with van der Waals surface area (Å²) in [6, 6.07) is 8.78. The molecule has 1 aromatic carbocycles. The molecule has 1 amide bonds. The molecule has 21 heavy (non-hydrogen) atoms. The third-order valence-corrected chi connectivity index (χ3v) is 4.35. The minimum absolute atomic E-state index is 0.0546. The van der Waals surface area contributed by atoms with Crippen molar-refractivity contribution in [2.75, 3.05) is 6.54 Å². The van der Waals surface area contributed by atoms with Crippen LogP contribution in [-0.2, 0) is 16.1 Å². The molecule has 2 unspecified atom stereocenters. The van der Waals surface area contributed by atoms with Crippen molar-refractivity contribution in [3.05, 3.63) is 35.4 Å². The molecule has 4 heteroatoms. The van der Waals surface area contributed by atoms with E-state index < -0.39 is 0 Å². The van der Waals surface area contributed by atoms with Gasteiger partial charge in [-0.1, -0.05) is 29.8 Å². The first-order valence-corrected chi connectivity index (χ1v) is 7.89. The highest BCUT2D eigenvalue weighted by Gasteiger charge is 2.39. The Bertz CT molecular complexity index is 513. The Morgan fingerprint density at radius 1 is 1.33 bits per heavy atom. The zero-order chi connectivity index (χ0) is 14.8. The molecule has 3 rings (SSSR count). The van der Waals surface area contributed by atoms with E-state index in [1.807, 2.05) is 4.90 Å². The second-order valence-electron chi connectivity index (χ2n) is 6.25. The molecule has 0 spiro atoms. The maximum Gasteiger partial charge on any atom is 0.252 e. The summed E-state index contributed by atoms with van der Waals surface area (Å²) in [5.74, 6) is 0.148. The maximum atomic E-state index is 12.7. The molecule has 4 nitrogen and oxygen atoms in total. The molecule has 2 atom stereocenters. The first-order chi connectivity index (χ1) is 10.2. The molecule has 1 aromatic rings. The van der Waals surface area contributed by atoms with Crippen LogP contribution in [0.3, 0.4) is 0 Å². The lowest BCUT2D eigenvalue weighted by atomic mass is 10.1. The summed E-state index contributed by atoms with van der Waals surface area (Å²) in [5.41, 5.74) is 8.06. The van der Waals surface area contributed by atoms with E-state index in [0.717, 1.165) is 25.7 Å². The van der Waals surface area contributed by atoms with E-state index in [4.69, 9.17) is 10.5 Å². The van der Waals surface area contributed by atoms with Gasteiger partial charge >= 0.3 is 0 Å². The molecule has 1 aliphatic heterocycles. The van der Waals surface area contributed by atoms with Crippen LogP contribution in [0.4, 0.5) is 0 Å². The summed E-state index contributed by atoms with van der Waals surface area (Å²) in [5, 5.41) is 0. The summed E-state index contributed by atoms with van der Waals surface area (Å²) in [7, 11) is 0. The van der Waals surface area contributed by atoms with Crippen molar-refractivity contribution in [1.82, 2.24) is 4.90 Å². The Labute approximate surface area is 126 Å². The standard InChI is InChI=1S/C17H24N2O2/c1-12-3-2-4-13(9-12)11-19(14-5-6-14)17(20)16-8-7-15(10-18)21-16/h2-4,9,14-16H,5-8,10-11,18H2,1H3. The number of ether oxygens (including phenoxy) is 1. The van der Waals surface area contributed by atoms with Crippen LogP contribution < -0.4 is 5.73 Å². The number of hydrogen-bond acceptors (Lipinski definition) is 3. The van der Waals surface area contributed by atoms with Crippen LogP contribution in [0.1, 0.15) is 36.8 Å². The SMILES string of the molecule is Cc1cccc(CN(C(=O)C2CCC(CN)O2)C2CC2)c1. The number of amides is 1. The van der Waals surface area contributed by atoms with Gasteiger partial charge in [0.25, 0.3) is 5.91 Å². The van der Waals surface area contributed by atoms with Gasteiger partial charge in [0.15, 0.2) is 0 Å². The molecule has 1 aliphatic carbocycles. The summed E-state index contributed by atoms with van der Waals surface area (Å²) in [4.78, 5) is 14.8. The number of hydrogen-bond donors (Lipinski definition) is 1. The summed E-state index contributed by atoms with van der Waals surface area (Å²) < 4.78 is 5.78. The number of carbonyl (C=O) groups is 1. The van der Waals surface area contributed by atoms with Gasteiger partial charge in [-0.3, -0.25) is 4.79 Å². The van der Waals surface area contributed by atoms with Crippen molar-refractivity contribution in [1.29, 1.82) is 0 Å². The Morgan fingerprint density at radius 3 is 2.76 bits per heavy atom. The van der Waals surface area contributed by atoms with Gasteiger partial charge in [-0.05, 0) is 38.2 Å². The van der Waals surface area contributed by atoms with Crippen molar-refractivity contribution >= 4 is 5.91 Å². The lowest BCUT2D eigenvalue weighted by Gasteiger charge is -2.26. The summed E-state index contributed by atoms with van der Waals surface area (Å²) in [6.07, 6.45) is 3.70. The van der Waals surface area contributed by atoms with Gasteiger partial charge in [0, 0.05) is 19.1 Å². The second kappa shape index (κ2) is 6.16. The van der Waals surface area contributed by atoms with E-state index in [1.54, 1.807) is 0 Å². The lowest BCUT2D eigenvalue weighted by molar-refractivity contribution is -0.144. The Kier molecular flexibility index (Phi) is 4.27. The van der Waals surface area contributed by atoms with E-state index in [1.165, 1.54) is 11.1 Å². The highest BCUT2D eigenvalue weighted by Crippen LogP contribution is 2.31. The fourth-order valence-corrected chi connectivity index (χ4v) is 3.03. The molecule has 1 saturated carbocycles. The molecular weight excluding hydrogens is 264 g/mol. The van der Waals surface area contributed by atoms with E-state index in [0.29, 0.717) is 19.1 Å². The normalized spacial score (nSPS) is 25.0. The van der Waals surface area contributed by atoms with E-state index >= 15 is 0 Å². The third kappa shape index (κ3) is 3.44. The van der Waals surface area contributed by atoms with Crippen LogP contribution in [0.15, 0.2) is 24.3 Å². The lowest BCUT2D eigenvalue weighted by Crippen LogP contribution is -2.40.